The Labute approximate surface area is 183 Å². The van der Waals surface area contributed by atoms with Crippen molar-refractivity contribution in [3.8, 4) is 0 Å². The molecule has 0 heterocycles. The quantitative estimate of drug-likeness (QED) is 0.650. The monoisotopic (exact) mass is 431 g/mol. The summed E-state index contributed by atoms with van der Waals surface area (Å²) in [6.07, 6.45) is 13.1. The summed E-state index contributed by atoms with van der Waals surface area (Å²) in [6.45, 7) is 0.395. The van der Waals surface area contributed by atoms with Crippen molar-refractivity contribution in [3.63, 3.8) is 0 Å². The number of ether oxygens (including phenoxy) is 4. The van der Waals surface area contributed by atoms with Crippen molar-refractivity contribution in [2.24, 2.45) is 29.1 Å². The van der Waals surface area contributed by atoms with Gasteiger partial charge in [-0.05, 0) is 67.6 Å². The molecule has 0 aromatic rings. The summed E-state index contributed by atoms with van der Waals surface area (Å²) < 4.78 is 21.5. The maximum atomic E-state index is 12.4. The molecule has 0 aromatic heterocycles. The second-order valence-electron chi connectivity index (χ2n) is 9.12. The van der Waals surface area contributed by atoms with E-state index in [0.717, 1.165) is 37.9 Å². The normalized spacial score (nSPS) is 35.6. The van der Waals surface area contributed by atoms with Crippen molar-refractivity contribution in [3.05, 3.63) is 35.6 Å². The summed E-state index contributed by atoms with van der Waals surface area (Å²) in [4.78, 5) is 23.7. The van der Waals surface area contributed by atoms with Crippen LogP contribution in [0.25, 0.3) is 0 Å². The van der Waals surface area contributed by atoms with Crippen LogP contribution in [0.2, 0.25) is 0 Å². The van der Waals surface area contributed by atoms with E-state index in [9.17, 15) is 9.59 Å². The molecular weight excluding hydrogens is 398 g/mol. The van der Waals surface area contributed by atoms with Crippen LogP contribution in [0.4, 0.5) is 4.79 Å². The van der Waals surface area contributed by atoms with Gasteiger partial charge in [-0.1, -0.05) is 12.2 Å². The van der Waals surface area contributed by atoms with Crippen LogP contribution in [0.5, 0.6) is 0 Å². The fourth-order valence-electron chi connectivity index (χ4n) is 6.57. The third-order valence-electron chi connectivity index (χ3n) is 7.88. The molecule has 4 aliphatic carbocycles. The van der Waals surface area contributed by atoms with E-state index >= 15 is 0 Å². The maximum absolute atomic E-state index is 12.4. The summed E-state index contributed by atoms with van der Waals surface area (Å²) in [5.41, 5.74) is 1.20. The molecule has 31 heavy (non-hydrogen) atoms. The molecular formula is C24H33NO6. The zero-order valence-electron chi connectivity index (χ0n) is 18.6. The average Bonchev–Trinajstić information content (AvgIpc) is 3.15. The first-order chi connectivity index (χ1) is 15.0. The number of carbonyl (C=O) groups excluding carboxylic acids is 2. The number of rotatable bonds is 6. The first-order valence-corrected chi connectivity index (χ1v) is 11.2. The molecule has 0 radical (unpaired) electrons. The number of methoxy groups -OCH3 is 3. The Hall–Kier alpha value is -2.28. The van der Waals surface area contributed by atoms with Crippen molar-refractivity contribution in [2.45, 2.75) is 38.2 Å². The Balaban J connectivity index is 1.50. The van der Waals surface area contributed by atoms with Gasteiger partial charge in [-0.25, -0.2) is 4.79 Å². The number of esters is 1. The van der Waals surface area contributed by atoms with Gasteiger partial charge in [-0.15, -0.1) is 0 Å². The van der Waals surface area contributed by atoms with E-state index in [-0.39, 0.29) is 18.1 Å². The number of amides is 1. The number of alkyl carbamates (subject to hydrolysis) is 1. The summed E-state index contributed by atoms with van der Waals surface area (Å²) in [6, 6.07) is 0. The second kappa shape index (κ2) is 9.07. The van der Waals surface area contributed by atoms with Gasteiger partial charge >= 0.3 is 12.1 Å². The highest BCUT2D eigenvalue weighted by molar-refractivity contribution is 5.77. The van der Waals surface area contributed by atoms with Crippen molar-refractivity contribution >= 4 is 12.1 Å². The molecule has 1 N–H and O–H groups in total. The Morgan fingerprint density at radius 1 is 1.16 bits per heavy atom. The second-order valence-corrected chi connectivity index (χ2v) is 9.12. The van der Waals surface area contributed by atoms with Crippen LogP contribution in [-0.4, -0.2) is 52.6 Å². The number of hydrogen-bond acceptors (Lipinski definition) is 6. The van der Waals surface area contributed by atoms with Crippen LogP contribution in [-0.2, 0) is 23.7 Å². The van der Waals surface area contributed by atoms with Gasteiger partial charge in [0.05, 0.1) is 20.8 Å². The SMILES string of the molecule is COC[C@]12CC[C@H]3[C@@H](CC=C4C=C(OC)C=C[C@@H]43)[C@@H]1CC[C@@H]2OC(=O)NCC(=O)OC. The van der Waals surface area contributed by atoms with Gasteiger partial charge in [-0.3, -0.25) is 4.79 Å². The molecule has 6 atom stereocenters. The Morgan fingerprint density at radius 3 is 2.74 bits per heavy atom. The minimum Gasteiger partial charge on any atom is -0.497 e. The number of nitrogens with one attached hydrogen (secondary N) is 1. The van der Waals surface area contributed by atoms with E-state index in [1.807, 2.05) is 0 Å². The molecule has 0 saturated heterocycles. The number of fused-ring (bicyclic) bond motifs is 5. The van der Waals surface area contributed by atoms with Crippen LogP contribution >= 0.6 is 0 Å². The molecule has 2 saturated carbocycles. The van der Waals surface area contributed by atoms with Gasteiger partial charge in [-0.2, -0.15) is 0 Å². The van der Waals surface area contributed by atoms with Crippen molar-refractivity contribution in [1.29, 1.82) is 0 Å². The van der Waals surface area contributed by atoms with E-state index in [4.69, 9.17) is 14.2 Å². The lowest BCUT2D eigenvalue weighted by molar-refractivity contribution is -0.139. The minimum atomic E-state index is -0.563. The molecule has 2 fully saturated rings. The summed E-state index contributed by atoms with van der Waals surface area (Å²) in [7, 11) is 4.73. The molecule has 0 spiro atoms. The predicted octanol–water partition coefficient (Wildman–Crippen LogP) is 3.37. The van der Waals surface area contributed by atoms with Gasteiger partial charge in [0.1, 0.15) is 18.4 Å². The summed E-state index contributed by atoms with van der Waals surface area (Å²) in [5, 5.41) is 2.50. The lowest BCUT2D eigenvalue weighted by atomic mass is 9.53. The van der Waals surface area contributed by atoms with Crippen LogP contribution < -0.4 is 5.32 Å². The van der Waals surface area contributed by atoms with Gasteiger partial charge in [0.15, 0.2) is 0 Å². The molecule has 0 aromatic carbocycles. The summed E-state index contributed by atoms with van der Waals surface area (Å²) in [5.74, 6) is 2.44. The van der Waals surface area contributed by atoms with Gasteiger partial charge in [0.25, 0.3) is 0 Å². The fraction of sp³-hybridized carbons (Fsp3) is 0.667. The zero-order chi connectivity index (χ0) is 22.0. The highest BCUT2D eigenvalue weighted by Crippen LogP contribution is 2.61. The topological polar surface area (TPSA) is 83.1 Å². The largest absolute Gasteiger partial charge is 0.497 e. The molecule has 1 amide bonds. The Bertz CT molecular complexity index is 802. The molecule has 0 unspecified atom stereocenters. The molecule has 0 aliphatic heterocycles. The third-order valence-corrected chi connectivity index (χ3v) is 7.88. The third kappa shape index (κ3) is 4.00. The minimum absolute atomic E-state index is 0.171. The lowest BCUT2D eigenvalue weighted by Gasteiger charge is -2.52. The molecule has 7 heteroatoms. The van der Waals surface area contributed by atoms with Gasteiger partial charge in [0, 0.05) is 18.4 Å². The van der Waals surface area contributed by atoms with E-state index < -0.39 is 12.1 Å². The average molecular weight is 432 g/mol. The van der Waals surface area contributed by atoms with Crippen LogP contribution in [0.3, 0.4) is 0 Å². The van der Waals surface area contributed by atoms with Crippen LogP contribution in [0, 0.1) is 29.1 Å². The zero-order valence-corrected chi connectivity index (χ0v) is 18.6. The highest BCUT2D eigenvalue weighted by Gasteiger charge is 2.59. The van der Waals surface area contributed by atoms with Gasteiger partial charge in [0.2, 0.25) is 0 Å². The predicted molar refractivity (Wildman–Crippen MR) is 114 cm³/mol. The van der Waals surface area contributed by atoms with Crippen LogP contribution in [0.15, 0.2) is 35.6 Å². The fourth-order valence-corrected chi connectivity index (χ4v) is 6.57. The van der Waals surface area contributed by atoms with Gasteiger partial charge < -0.3 is 24.3 Å². The molecule has 7 nitrogen and oxygen atoms in total. The number of allylic oxidation sites excluding steroid dienone is 5. The van der Waals surface area contributed by atoms with Crippen molar-refractivity contribution in [2.75, 3.05) is 34.5 Å². The molecule has 4 aliphatic rings. The standard InChI is InChI=1S/C24H33NO6/c1-28-14-24-11-10-18-17-7-5-16(29-2)12-15(17)4-6-19(18)20(24)8-9-21(24)31-23(27)25-13-22(26)30-3/h4-5,7,12,17-21H,6,8-11,13-14H2,1-3H3,(H,25,27)/t17-,18+,19+,20-,21-,24+/m0/s1. The molecule has 4 rings (SSSR count). The maximum Gasteiger partial charge on any atom is 0.407 e. The molecule has 0 bridgehead atoms. The van der Waals surface area contributed by atoms with E-state index in [2.05, 4.69) is 34.4 Å². The lowest BCUT2D eigenvalue weighted by Crippen LogP contribution is -2.51. The first-order valence-electron chi connectivity index (χ1n) is 11.2. The van der Waals surface area contributed by atoms with E-state index in [0.29, 0.717) is 30.3 Å². The number of hydrogen-bond donors (Lipinski definition) is 1. The first kappa shape index (κ1) is 21.9. The Kier molecular flexibility index (Phi) is 6.42. The van der Waals surface area contributed by atoms with E-state index in [1.165, 1.54) is 12.7 Å². The Morgan fingerprint density at radius 2 is 2.00 bits per heavy atom. The van der Waals surface area contributed by atoms with Crippen molar-refractivity contribution < 1.29 is 28.5 Å². The highest BCUT2D eigenvalue weighted by atomic mass is 16.6. The van der Waals surface area contributed by atoms with E-state index in [1.54, 1.807) is 14.2 Å². The summed E-state index contributed by atoms with van der Waals surface area (Å²) >= 11 is 0. The van der Waals surface area contributed by atoms with Crippen molar-refractivity contribution in [1.82, 2.24) is 5.32 Å². The number of carbonyl (C=O) groups is 2. The smallest absolute Gasteiger partial charge is 0.407 e. The molecule has 170 valence electrons. The van der Waals surface area contributed by atoms with Crippen LogP contribution in [0.1, 0.15) is 32.1 Å².